The maximum Gasteiger partial charge on any atom is 0.251 e. The average Bonchev–Trinajstić information content (AvgIpc) is 2.27. The molecule has 0 aliphatic rings. The second kappa shape index (κ2) is 5.47. The van der Waals surface area contributed by atoms with Gasteiger partial charge in [-0.15, -0.1) is 0 Å². The summed E-state index contributed by atoms with van der Waals surface area (Å²) >= 11 is 5.84. The number of aryl methyl sites for hydroxylation is 1. The van der Waals surface area contributed by atoms with Gasteiger partial charge in [0.1, 0.15) is 5.15 Å². The SMILES string of the molecule is CCc1cc(C(=O)NC(C)(C)CO)cc(Cl)n1. The van der Waals surface area contributed by atoms with Crippen LogP contribution < -0.4 is 5.32 Å². The van der Waals surface area contributed by atoms with E-state index in [1.165, 1.54) is 6.07 Å². The van der Waals surface area contributed by atoms with E-state index in [0.717, 1.165) is 5.69 Å². The lowest BCUT2D eigenvalue weighted by Crippen LogP contribution is -2.46. The summed E-state index contributed by atoms with van der Waals surface area (Å²) < 4.78 is 0. The fourth-order valence-corrected chi connectivity index (χ4v) is 1.51. The van der Waals surface area contributed by atoms with Crippen LogP contribution in [0.4, 0.5) is 0 Å². The van der Waals surface area contributed by atoms with Gasteiger partial charge in [-0.25, -0.2) is 4.98 Å². The Balaban J connectivity index is 2.93. The fourth-order valence-electron chi connectivity index (χ4n) is 1.28. The van der Waals surface area contributed by atoms with Crippen molar-refractivity contribution < 1.29 is 9.90 Å². The Bertz CT molecular complexity index is 419. The van der Waals surface area contributed by atoms with Crippen molar-refractivity contribution in [3.05, 3.63) is 28.5 Å². The summed E-state index contributed by atoms with van der Waals surface area (Å²) in [4.78, 5) is 16.0. The molecule has 0 saturated carbocycles. The van der Waals surface area contributed by atoms with Crippen LogP contribution in [0.25, 0.3) is 0 Å². The van der Waals surface area contributed by atoms with Crippen molar-refractivity contribution in [2.24, 2.45) is 0 Å². The van der Waals surface area contributed by atoms with E-state index in [2.05, 4.69) is 10.3 Å². The number of rotatable bonds is 4. The molecule has 0 saturated heterocycles. The van der Waals surface area contributed by atoms with Crippen LogP contribution in [-0.2, 0) is 6.42 Å². The first-order valence-electron chi connectivity index (χ1n) is 5.48. The molecule has 0 aliphatic carbocycles. The van der Waals surface area contributed by atoms with Crippen molar-refractivity contribution in [1.82, 2.24) is 10.3 Å². The van der Waals surface area contributed by atoms with E-state index in [1.807, 2.05) is 6.92 Å². The first-order valence-corrected chi connectivity index (χ1v) is 5.85. The molecule has 0 bridgehead atoms. The molecule has 0 fully saturated rings. The Kier molecular flexibility index (Phi) is 4.48. The minimum absolute atomic E-state index is 0.127. The number of halogens is 1. The molecule has 1 heterocycles. The smallest absolute Gasteiger partial charge is 0.251 e. The van der Waals surface area contributed by atoms with Gasteiger partial charge in [-0.05, 0) is 32.4 Å². The van der Waals surface area contributed by atoms with Gasteiger partial charge in [0.05, 0.1) is 12.1 Å². The molecule has 1 amide bonds. The Labute approximate surface area is 106 Å². The van der Waals surface area contributed by atoms with Gasteiger partial charge in [0.2, 0.25) is 0 Å². The average molecular weight is 257 g/mol. The molecular weight excluding hydrogens is 240 g/mol. The number of carbonyl (C=O) groups is 1. The van der Waals surface area contributed by atoms with Crippen molar-refractivity contribution in [1.29, 1.82) is 0 Å². The highest BCUT2D eigenvalue weighted by Crippen LogP contribution is 2.12. The summed E-state index contributed by atoms with van der Waals surface area (Å²) in [5.74, 6) is -0.261. The molecule has 17 heavy (non-hydrogen) atoms. The van der Waals surface area contributed by atoms with E-state index in [4.69, 9.17) is 16.7 Å². The molecule has 0 radical (unpaired) electrons. The highest BCUT2D eigenvalue weighted by Gasteiger charge is 2.20. The summed E-state index contributed by atoms with van der Waals surface area (Å²) in [6.45, 7) is 5.30. The van der Waals surface area contributed by atoms with E-state index in [1.54, 1.807) is 19.9 Å². The monoisotopic (exact) mass is 256 g/mol. The van der Waals surface area contributed by atoms with Gasteiger partial charge in [-0.2, -0.15) is 0 Å². The molecule has 0 aliphatic heterocycles. The lowest BCUT2D eigenvalue weighted by atomic mass is 10.1. The van der Waals surface area contributed by atoms with Crippen LogP contribution in [-0.4, -0.2) is 28.1 Å². The number of aliphatic hydroxyl groups is 1. The van der Waals surface area contributed by atoms with Gasteiger partial charge in [0, 0.05) is 11.3 Å². The quantitative estimate of drug-likeness (QED) is 0.808. The van der Waals surface area contributed by atoms with E-state index in [-0.39, 0.29) is 12.5 Å². The molecule has 0 aromatic carbocycles. The van der Waals surface area contributed by atoms with Crippen molar-refractivity contribution in [3.8, 4) is 0 Å². The number of aromatic nitrogens is 1. The van der Waals surface area contributed by atoms with Gasteiger partial charge < -0.3 is 10.4 Å². The largest absolute Gasteiger partial charge is 0.394 e. The Morgan fingerprint density at radius 3 is 2.71 bits per heavy atom. The lowest BCUT2D eigenvalue weighted by Gasteiger charge is -2.23. The fraction of sp³-hybridized carbons (Fsp3) is 0.500. The molecule has 0 atom stereocenters. The molecule has 1 aromatic rings. The molecule has 0 unspecified atom stereocenters. The first kappa shape index (κ1) is 13.9. The third kappa shape index (κ3) is 3.98. The number of amides is 1. The minimum Gasteiger partial charge on any atom is -0.394 e. The van der Waals surface area contributed by atoms with Crippen LogP contribution in [0, 0.1) is 0 Å². The van der Waals surface area contributed by atoms with Crippen molar-refractivity contribution in [2.45, 2.75) is 32.7 Å². The first-order chi connectivity index (χ1) is 7.88. The molecule has 0 spiro atoms. The summed E-state index contributed by atoms with van der Waals surface area (Å²) in [5.41, 5.74) is 0.576. The minimum atomic E-state index is -0.654. The van der Waals surface area contributed by atoms with Crippen LogP contribution in [0.15, 0.2) is 12.1 Å². The van der Waals surface area contributed by atoms with Crippen LogP contribution >= 0.6 is 11.6 Å². The molecule has 5 heteroatoms. The topological polar surface area (TPSA) is 62.2 Å². The summed E-state index contributed by atoms with van der Waals surface area (Å²) in [6, 6.07) is 3.22. The number of aliphatic hydroxyl groups excluding tert-OH is 1. The molecule has 94 valence electrons. The van der Waals surface area contributed by atoms with Crippen LogP contribution in [0.5, 0.6) is 0 Å². The van der Waals surface area contributed by atoms with Gasteiger partial charge in [-0.1, -0.05) is 18.5 Å². The summed E-state index contributed by atoms with van der Waals surface area (Å²) in [6.07, 6.45) is 0.713. The molecule has 1 rings (SSSR count). The summed E-state index contributed by atoms with van der Waals surface area (Å²) in [7, 11) is 0. The Morgan fingerprint density at radius 1 is 1.53 bits per heavy atom. The standard InChI is InChI=1S/C12H17ClN2O2/c1-4-9-5-8(6-10(13)14-9)11(17)15-12(2,3)7-16/h5-6,16H,4,7H2,1-3H3,(H,15,17). The molecule has 1 aromatic heterocycles. The van der Waals surface area contributed by atoms with Crippen molar-refractivity contribution in [3.63, 3.8) is 0 Å². The zero-order chi connectivity index (χ0) is 13.1. The second-order valence-electron chi connectivity index (χ2n) is 4.52. The van der Waals surface area contributed by atoms with E-state index in [9.17, 15) is 4.79 Å². The zero-order valence-corrected chi connectivity index (χ0v) is 11.0. The van der Waals surface area contributed by atoms with E-state index < -0.39 is 5.54 Å². The number of nitrogens with one attached hydrogen (secondary N) is 1. The highest BCUT2D eigenvalue weighted by atomic mass is 35.5. The predicted octanol–water partition coefficient (Wildman–Crippen LogP) is 1.80. The Hall–Kier alpha value is -1.13. The Morgan fingerprint density at radius 2 is 2.18 bits per heavy atom. The third-order valence-electron chi connectivity index (χ3n) is 2.32. The van der Waals surface area contributed by atoms with Gasteiger partial charge in [0.25, 0.3) is 5.91 Å². The van der Waals surface area contributed by atoms with Crippen molar-refractivity contribution >= 4 is 17.5 Å². The normalized spacial score (nSPS) is 11.4. The summed E-state index contributed by atoms with van der Waals surface area (Å²) in [5, 5.41) is 12.1. The van der Waals surface area contributed by atoms with Gasteiger partial charge >= 0.3 is 0 Å². The molecular formula is C12H17ClN2O2. The number of hydrogen-bond acceptors (Lipinski definition) is 3. The predicted molar refractivity (Wildman–Crippen MR) is 67.3 cm³/mol. The zero-order valence-electron chi connectivity index (χ0n) is 10.2. The highest BCUT2D eigenvalue weighted by molar-refractivity contribution is 6.29. The van der Waals surface area contributed by atoms with Crippen LogP contribution in [0.3, 0.4) is 0 Å². The maximum atomic E-state index is 11.9. The molecule has 4 nitrogen and oxygen atoms in total. The van der Waals surface area contributed by atoms with E-state index >= 15 is 0 Å². The van der Waals surface area contributed by atoms with Crippen LogP contribution in [0.1, 0.15) is 36.8 Å². The maximum absolute atomic E-state index is 11.9. The number of nitrogens with zero attached hydrogens (tertiary/aromatic N) is 1. The lowest BCUT2D eigenvalue weighted by molar-refractivity contribution is 0.0869. The van der Waals surface area contributed by atoms with Gasteiger partial charge in [-0.3, -0.25) is 4.79 Å². The third-order valence-corrected chi connectivity index (χ3v) is 2.51. The second-order valence-corrected chi connectivity index (χ2v) is 4.91. The van der Waals surface area contributed by atoms with Gasteiger partial charge in [0.15, 0.2) is 0 Å². The number of pyridine rings is 1. The van der Waals surface area contributed by atoms with E-state index in [0.29, 0.717) is 17.1 Å². The van der Waals surface area contributed by atoms with Crippen LogP contribution in [0.2, 0.25) is 5.15 Å². The number of carbonyl (C=O) groups excluding carboxylic acids is 1. The van der Waals surface area contributed by atoms with Crippen molar-refractivity contribution in [2.75, 3.05) is 6.61 Å². The molecule has 2 N–H and O–H groups in total. The number of hydrogen-bond donors (Lipinski definition) is 2.